The highest BCUT2D eigenvalue weighted by atomic mass is 16.5. The molecule has 1 aromatic carbocycles. The fourth-order valence-electron chi connectivity index (χ4n) is 5.01. The number of furan rings is 1. The average Bonchev–Trinajstić information content (AvgIpc) is 3.59. The number of ether oxygens (including phenoxy) is 1. The van der Waals surface area contributed by atoms with E-state index in [0.29, 0.717) is 6.54 Å². The molecule has 1 unspecified atom stereocenters. The first-order valence-corrected chi connectivity index (χ1v) is 11.2. The second kappa shape index (κ2) is 9.20. The lowest BCUT2D eigenvalue weighted by Crippen LogP contribution is -2.51. The highest BCUT2D eigenvalue weighted by Gasteiger charge is 2.33. The van der Waals surface area contributed by atoms with Crippen LogP contribution in [-0.2, 0) is 6.54 Å². The van der Waals surface area contributed by atoms with E-state index < -0.39 is 0 Å². The molecule has 8 heteroatoms. The molecule has 1 atom stereocenters. The van der Waals surface area contributed by atoms with Crippen LogP contribution in [0.15, 0.2) is 47.1 Å². The van der Waals surface area contributed by atoms with E-state index in [0.717, 1.165) is 49.6 Å². The summed E-state index contributed by atoms with van der Waals surface area (Å²) in [5.41, 5.74) is 1.17. The second-order valence-corrected chi connectivity index (χ2v) is 8.46. The van der Waals surface area contributed by atoms with Crippen LogP contribution in [0.25, 0.3) is 0 Å². The van der Waals surface area contributed by atoms with Crippen molar-refractivity contribution in [1.82, 2.24) is 30.0 Å². The molecule has 0 amide bonds. The number of hydrogen-bond donors (Lipinski definition) is 0. The molecule has 2 aromatic heterocycles. The minimum absolute atomic E-state index is 0.0124. The summed E-state index contributed by atoms with van der Waals surface area (Å²) in [5, 5.41) is 12.8. The maximum atomic E-state index is 5.54. The van der Waals surface area contributed by atoms with E-state index in [1.165, 1.54) is 31.2 Å². The summed E-state index contributed by atoms with van der Waals surface area (Å²) in [4.78, 5) is 5.19. The molecule has 164 valence electrons. The van der Waals surface area contributed by atoms with Crippen LogP contribution in [0.2, 0.25) is 0 Å². The molecular formula is C23H30N6O2. The van der Waals surface area contributed by atoms with Crippen LogP contribution in [0, 0.1) is 0 Å². The van der Waals surface area contributed by atoms with Crippen molar-refractivity contribution < 1.29 is 9.15 Å². The summed E-state index contributed by atoms with van der Waals surface area (Å²) in [7, 11) is 1.69. The largest absolute Gasteiger partial charge is 0.497 e. The van der Waals surface area contributed by atoms with Crippen LogP contribution in [0.3, 0.4) is 0 Å². The number of benzene rings is 1. The van der Waals surface area contributed by atoms with Crippen LogP contribution >= 0.6 is 0 Å². The Morgan fingerprint density at radius 1 is 1.06 bits per heavy atom. The first kappa shape index (κ1) is 20.2. The summed E-state index contributed by atoms with van der Waals surface area (Å²) in [6, 6.07) is 12.9. The second-order valence-electron chi connectivity index (χ2n) is 8.46. The maximum Gasteiger partial charge on any atom is 0.173 e. The molecule has 2 fully saturated rings. The van der Waals surface area contributed by atoms with E-state index in [9.17, 15) is 0 Å². The lowest BCUT2D eigenvalue weighted by atomic mass is 10.0. The molecule has 5 rings (SSSR count). The highest BCUT2D eigenvalue weighted by Crippen LogP contribution is 2.31. The van der Waals surface area contributed by atoms with Gasteiger partial charge < -0.3 is 9.15 Å². The highest BCUT2D eigenvalue weighted by molar-refractivity contribution is 5.32. The van der Waals surface area contributed by atoms with Gasteiger partial charge in [-0.15, -0.1) is 5.10 Å². The molecule has 0 spiro atoms. The van der Waals surface area contributed by atoms with Crippen LogP contribution < -0.4 is 4.74 Å². The number of methoxy groups -OCH3 is 1. The fourth-order valence-corrected chi connectivity index (χ4v) is 5.01. The standard InChI is InChI=1S/C23H30N6O2/c1-30-20-10-8-18(9-11-20)22(23-24-25-26-29(23)17-21-7-4-16-31-21)28-14-12-27(13-15-28)19-5-2-3-6-19/h4,7-11,16,19,22H,2-3,5-6,12-15,17H2,1H3. The fraction of sp³-hybridized carbons (Fsp3) is 0.522. The van der Waals surface area contributed by atoms with Crippen molar-refractivity contribution >= 4 is 0 Å². The van der Waals surface area contributed by atoms with Gasteiger partial charge in [0.05, 0.1) is 19.4 Å². The summed E-state index contributed by atoms with van der Waals surface area (Å²) in [6.07, 6.45) is 7.14. The predicted molar refractivity (Wildman–Crippen MR) is 116 cm³/mol. The van der Waals surface area contributed by atoms with Crippen molar-refractivity contribution in [3.8, 4) is 5.75 Å². The molecule has 1 saturated carbocycles. The summed E-state index contributed by atoms with van der Waals surface area (Å²) >= 11 is 0. The first-order chi connectivity index (χ1) is 15.3. The molecule has 31 heavy (non-hydrogen) atoms. The smallest absolute Gasteiger partial charge is 0.173 e. The Labute approximate surface area is 182 Å². The third-order valence-electron chi connectivity index (χ3n) is 6.68. The number of aromatic nitrogens is 4. The van der Waals surface area contributed by atoms with Gasteiger partial charge in [-0.05, 0) is 53.1 Å². The number of rotatable bonds is 7. The topological polar surface area (TPSA) is 72.4 Å². The normalized spacial score (nSPS) is 19.6. The Bertz CT molecular complexity index is 941. The Balaban J connectivity index is 1.41. The minimum atomic E-state index is -0.0124. The van der Waals surface area contributed by atoms with Gasteiger partial charge in [0.2, 0.25) is 0 Å². The lowest BCUT2D eigenvalue weighted by Gasteiger charge is -2.41. The monoisotopic (exact) mass is 422 g/mol. The number of tetrazole rings is 1. The molecule has 0 bridgehead atoms. The number of hydrogen-bond acceptors (Lipinski definition) is 7. The summed E-state index contributed by atoms with van der Waals surface area (Å²) in [6.45, 7) is 4.71. The third kappa shape index (κ3) is 4.36. The zero-order valence-corrected chi connectivity index (χ0v) is 18.1. The molecule has 1 aliphatic heterocycles. The van der Waals surface area contributed by atoms with Crippen molar-refractivity contribution in [2.24, 2.45) is 0 Å². The van der Waals surface area contributed by atoms with Gasteiger partial charge in [0.25, 0.3) is 0 Å². The predicted octanol–water partition coefficient (Wildman–Crippen LogP) is 2.97. The SMILES string of the molecule is COc1ccc(C(c2nnnn2Cc2ccco2)N2CCN(C3CCCC3)CC2)cc1. The Morgan fingerprint density at radius 3 is 2.52 bits per heavy atom. The molecule has 3 heterocycles. The molecule has 8 nitrogen and oxygen atoms in total. The van der Waals surface area contributed by atoms with Gasteiger partial charge in [0, 0.05) is 32.2 Å². The molecule has 2 aliphatic rings. The van der Waals surface area contributed by atoms with Gasteiger partial charge in [-0.3, -0.25) is 9.80 Å². The summed E-state index contributed by atoms with van der Waals surface area (Å²) in [5.74, 6) is 2.53. The van der Waals surface area contributed by atoms with Crippen LogP contribution in [-0.4, -0.2) is 69.3 Å². The molecule has 3 aromatic rings. The minimum Gasteiger partial charge on any atom is -0.497 e. The molecular weight excluding hydrogens is 392 g/mol. The Morgan fingerprint density at radius 2 is 1.84 bits per heavy atom. The number of nitrogens with zero attached hydrogens (tertiary/aromatic N) is 6. The van der Waals surface area contributed by atoms with Crippen molar-refractivity contribution in [3.63, 3.8) is 0 Å². The number of piperazine rings is 1. The van der Waals surface area contributed by atoms with Crippen LogP contribution in [0.4, 0.5) is 0 Å². The summed E-state index contributed by atoms with van der Waals surface area (Å²) < 4.78 is 12.8. The van der Waals surface area contributed by atoms with E-state index in [4.69, 9.17) is 9.15 Å². The zero-order chi connectivity index (χ0) is 21.0. The Hall–Kier alpha value is -2.71. The zero-order valence-electron chi connectivity index (χ0n) is 18.1. The average molecular weight is 423 g/mol. The van der Waals surface area contributed by atoms with Gasteiger partial charge in [-0.2, -0.15) is 0 Å². The van der Waals surface area contributed by atoms with Gasteiger partial charge in [0.1, 0.15) is 18.1 Å². The van der Waals surface area contributed by atoms with Crippen LogP contribution in [0.1, 0.15) is 48.9 Å². The van der Waals surface area contributed by atoms with Crippen molar-refractivity contribution in [3.05, 3.63) is 59.8 Å². The lowest BCUT2D eigenvalue weighted by molar-refractivity contribution is 0.0770. The third-order valence-corrected chi connectivity index (χ3v) is 6.68. The van der Waals surface area contributed by atoms with E-state index in [1.807, 2.05) is 28.9 Å². The molecule has 1 aliphatic carbocycles. The van der Waals surface area contributed by atoms with Gasteiger partial charge in [-0.25, -0.2) is 4.68 Å². The van der Waals surface area contributed by atoms with Crippen molar-refractivity contribution in [1.29, 1.82) is 0 Å². The van der Waals surface area contributed by atoms with Gasteiger partial charge in [0.15, 0.2) is 5.82 Å². The first-order valence-electron chi connectivity index (χ1n) is 11.2. The van der Waals surface area contributed by atoms with Crippen LogP contribution in [0.5, 0.6) is 5.75 Å². The Kier molecular flexibility index (Phi) is 5.99. The van der Waals surface area contributed by atoms with Gasteiger partial charge >= 0.3 is 0 Å². The van der Waals surface area contributed by atoms with Crippen molar-refractivity contribution in [2.45, 2.75) is 44.3 Å². The van der Waals surface area contributed by atoms with E-state index >= 15 is 0 Å². The van der Waals surface area contributed by atoms with E-state index in [2.05, 4.69) is 37.5 Å². The van der Waals surface area contributed by atoms with Crippen molar-refractivity contribution in [2.75, 3.05) is 33.3 Å². The quantitative estimate of drug-likeness (QED) is 0.580. The molecule has 0 radical (unpaired) electrons. The van der Waals surface area contributed by atoms with E-state index in [-0.39, 0.29) is 6.04 Å². The van der Waals surface area contributed by atoms with E-state index in [1.54, 1.807) is 13.4 Å². The van der Waals surface area contributed by atoms with Gasteiger partial charge in [-0.1, -0.05) is 25.0 Å². The molecule has 1 saturated heterocycles. The maximum absolute atomic E-state index is 5.54. The molecule has 0 N–H and O–H groups in total.